The quantitative estimate of drug-likeness (QED) is 0.748. The number of carbonyl (C=O) groups excluding carboxylic acids is 1. The van der Waals surface area contributed by atoms with Crippen LogP contribution < -0.4 is 0 Å². The van der Waals surface area contributed by atoms with Crippen LogP contribution in [0.3, 0.4) is 0 Å². The lowest BCUT2D eigenvalue weighted by atomic mass is 10.1. The first kappa shape index (κ1) is 10.2. The van der Waals surface area contributed by atoms with Gasteiger partial charge in [-0.2, -0.15) is 0 Å². The van der Waals surface area contributed by atoms with Crippen LogP contribution in [-0.4, -0.2) is 18.1 Å². The molecule has 0 saturated heterocycles. The molecule has 0 aliphatic carbocycles. The van der Waals surface area contributed by atoms with Gasteiger partial charge in [-0.15, -0.1) is 0 Å². The smallest absolute Gasteiger partial charge is 0.356 e. The molecule has 0 aliphatic rings. The van der Waals surface area contributed by atoms with Gasteiger partial charge in [0, 0.05) is 10.7 Å². The van der Waals surface area contributed by atoms with Gasteiger partial charge in [0.15, 0.2) is 5.69 Å². The summed E-state index contributed by atoms with van der Waals surface area (Å²) in [5.74, 6) is -0.385. The normalized spacial score (nSPS) is 9.77. The zero-order valence-electron chi connectivity index (χ0n) is 7.50. The zero-order valence-corrected chi connectivity index (χ0v) is 9.09. The molecule has 0 fully saturated rings. The van der Waals surface area contributed by atoms with Crippen LogP contribution in [0.1, 0.15) is 23.0 Å². The van der Waals surface area contributed by atoms with E-state index in [-0.39, 0.29) is 5.97 Å². The topological polar surface area (TPSA) is 39.2 Å². The number of aromatic nitrogens is 1. The third-order valence-electron chi connectivity index (χ3n) is 1.69. The van der Waals surface area contributed by atoms with Crippen LogP contribution in [0.5, 0.6) is 0 Å². The van der Waals surface area contributed by atoms with Crippen molar-refractivity contribution >= 4 is 21.9 Å². The number of aryl methyl sites for hydroxylation is 1. The van der Waals surface area contributed by atoms with Crippen LogP contribution >= 0.6 is 15.9 Å². The van der Waals surface area contributed by atoms with Crippen LogP contribution in [0.4, 0.5) is 0 Å². The van der Waals surface area contributed by atoms with E-state index in [0.717, 1.165) is 16.5 Å². The summed E-state index contributed by atoms with van der Waals surface area (Å²) in [5.41, 5.74) is 1.29. The Morgan fingerprint density at radius 1 is 1.69 bits per heavy atom. The summed E-state index contributed by atoms with van der Waals surface area (Å²) in [4.78, 5) is 15.2. The summed E-state index contributed by atoms with van der Waals surface area (Å²) < 4.78 is 5.47. The zero-order chi connectivity index (χ0) is 9.84. The standard InChI is InChI=1S/C9H10BrNO2/c1-3-6-4-7(10)5-11-8(6)9(12)13-2/h4-5H,3H2,1-2H3. The highest BCUT2D eigenvalue weighted by Gasteiger charge is 2.11. The van der Waals surface area contributed by atoms with Gasteiger partial charge in [0.25, 0.3) is 0 Å². The molecule has 0 unspecified atom stereocenters. The van der Waals surface area contributed by atoms with Crippen molar-refractivity contribution < 1.29 is 9.53 Å². The molecular formula is C9H10BrNO2. The molecule has 0 aromatic carbocycles. The number of carbonyl (C=O) groups is 1. The molecule has 1 rings (SSSR count). The second-order valence-corrected chi connectivity index (χ2v) is 3.42. The molecule has 0 amide bonds. The van der Waals surface area contributed by atoms with Crippen molar-refractivity contribution in [3.8, 4) is 0 Å². The summed E-state index contributed by atoms with van der Waals surface area (Å²) in [7, 11) is 1.35. The van der Waals surface area contributed by atoms with Gasteiger partial charge < -0.3 is 4.74 Å². The second-order valence-electron chi connectivity index (χ2n) is 2.51. The molecule has 0 bridgehead atoms. The van der Waals surface area contributed by atoms with Crippen molar-refractivity contribution in [2.75, 3.05) is 7.11 Å². The largest absolute Gasteiger partial charge is 0.464 e. The molecule has 13 heavy (non-hydrogen) atoms. The van der Waals surface area contributed by atoms with Crippen molar-refractivity contribution in [1.29, 1.82) is 0 Å². The highest BCUT2D eigenvalue weighted by molar-refractivity contribution is 9.10. The van der Waals surface area contributed by atoms with Crippen molar-refractivity contribution in [2.45, 2.75) is 13.3 Å². The van der Waals surface area contributed by atoms with Crippen LogP contribution in [0, 0.1) is 0 Å². The van der Waals surface area contributed by atoms with E-state index in [1.54, 1.807) is 6.20 Å². The van der Waals surface area contributed by atoms with Crippen molar-refractivity contribution in [1.82, 2.24) is 4.98 Å². The van der Waals surface area contributed by atoms with Crippen molar-refractivity contribution in [3.63, 3.8) is 0 Å². The maximum atomic E-state index is 11.2. The average Bonchev–Trinajstić information content (AvgIpc) is 2.16. The fourth-order valence-corrected chi connectivity index (χ4v) is 1.41. The van der Waals surface area contributed by atoms with Crippen molar-refractivity contribution in [2.24, 2.45) is 0 Å². The highest BCUT2D eigenvalue weighted by Crippen LogP contribution is 2.15. The number of hydrogen-bond donors (Lipinski definition) is 0. The molecule has 70 valence electrons. The minimum Gasteiger partial charge on any atom is -0.464 e. The van der Waals surface area contributed by atoms with E-state index in [0.29, 0.717) is 5.69 Å². The molecule has 1 aromatic rings. The Balaban J connectivity index is 3.13. The first-order chi connectivity index (χ1) is 6.19. The number of rotatable bonds is 2. The van der Waals surface area contributed by atoms with Gasteiger partial charge in [-0.25, -0.2) is 9.78 Å². The number of ether oxygens (including phenoxy) is 1. The number of halogens is 1. The van der Waals surface area contributed by atoms with E-state index in [4.69, 9.17) is 0 Å². The second kappa shape index (κ2) is 4.37. The van der Waals surface area contributed by atoms with Crippen LogP contribution in [0.2, 0.25) is 0 Å². The van der Waals surface area contributed by atoms with E-state index < -0.39 is 0 Å². The number of nitrogens with zero attached hydrogens (tertiary/aromatic N) is 1. The lowest BCUT2D eigenvalue weighted by Crippen LogP contribution is -2.07. The van der Waals surface area contributed by atoms with Gasteiger partial charge in [0.05, 0.1) is 7.11 Å². The molecule has 0 aliphatic heterocycles. The van der Waals surface area contributed by atoms with E-state index in [9.17, 15) is 4.79 Å². The number of esters is 1. The minimum absolute atomic E-state index is 0.385. The summed E-state index contributed by atoms with van der Waals surface area (Å²) in [6.45, 7) is 1.97. The molecule has 1 aromatic heterocycles. The molecule has 3 nitrogen and oxygen atoms in total. The molecule has 0 spiro atoms. The Hall–Kier alpha value is -0.900. The van der Waals surface area contributed by atoms with Gasteiger partial charge in [-0.1, -0.05) is 6.92 Å². The Morgan fingerprint density at radius 2 is 2.38 bits per heavy atom. The van der Waals surface area contributed by atoms with E-state index in [1.165, 1.54) is 7.11 Å². The van der Waals surface area contributed by atoms with Crippen LogP contribution in [0.15, 0.2) is 16.7 Å². The molecular weight excluding hydrogens is 234 g/mol. The minimum atomic E-state index is -0.385. The Morgan fingerprint density at radius 3 is 2.92 bits per heavy atom. The fourth-order valence-electron chi connectivity index (χ4n) is 1.03. The highest BCUT2D eigenvalue weighted by atomic mass is 79.9. The van der Waals surface area contributed by atoms with Gasteiger partial charge in [0.1, 0.15) is 0 Å². The van der Waals surface area contributed by atoms with E-state index >= 15 is 0 Å². The SMILES string of the molecule is CCc1cc(Br)cnc1C(=O)OC. The molecule has 0 saturated carbocycles. The molecule has 0 atom stereocenters. The van der Waals surface area contributed by atoms with Crippen LogP contribution in [0.25, 0.3) is 0 Å². The summed E-state index contributed by atoms with van der Waals surface area (Å²) >= 11 is 3.29. The van der Waals surface area contributed by atoms with Gasteiger partial charge in [-0.05, 0) is 34.0 Å². The Labute approximate surface area is 85.3 Å². The molecule has 0 N–H and O–H groups in total. The summed E-state index contributed by atoms with van der Waals surface area (Å²) in [6, 6.07) is 1.87. The first-order valence-electron chi connectivity index (χ1n) is 3.91. The lowest BCUT2D eigenvalue weighted by molar-refractivity contribution is 0.0592. The Kier molecular flexibility index (Phi) is 3.42. The molecule has 4 heteroatoms. The number of hydrogen-bond acceptors (Lipinski definition) is 3. The van der Waals surface area contributed by atoms with E-state index in [2.05, 4.69) is 25.7 Å². The van der Waals surface area contributed by atoms with Crippen LogP contribution in [-0.2, 0) is 11.2 Å². The van der Waals surface area contributed by atoms with Gasteiger partial charge in [0.2, 0.25) is 0 Å². The monoisotopic (exact) mass is 243 g/mol. The lowest BCUT2D eigenvalue weighted by Gasteiger charge is -2.04. The first-order valence-corrected chi connectivity index (χ1v) is 4.71. The fraction of sp³-hybridized carbons (Fsp3) is 0.333. The predicted molar refractivity (Wildman–Crippen MR) is 52.7 cm³/mol. The number of methoxy groups -OCH3 is 1. The molecule has 0 radical (unpaired) electrons. The maximum Gasteiger partial charge on any atom is 0.356 e. The predicted octanol–water partition coefficient (Wildman–Crippen LogP) is 2.19. The molecule has 1 heterocycles. The number of pyridine rings is 1. The third kappa shape index (κ3) is 2.28. The Bertz CT molecular complexity index is 325. The van der Waals surface area contributed by atoms with Gasteiger partial charge >= 0.3 is 5.97 Å². The summed E-state index contributed by atoms with van der Waals surface area (Å²) in [5, 5.41) is 0. The average molecular weight is 244 g/mol. The summed E-state index contributed by atoms with van der Waals surface area (Å²) in [6.07, 6.45) is 2.35. The van der Waals surface area contributed by atoms with Gasteiger partial charge in [-0.3, -0.25) is 0 Å². The maximum absolute atomic E-state index is 11.2. The third-order valence-corrected chi connectivity index (χ3v) is 2.13. The van der Waals surface area contributed by atoms with Crippen molar-refractivity contribution in [3.05, 3.63) is 28.0 Å². The van der Waals surface area contributed by atoms with E-state index in [1.807, 2.05) is 13.0 Å².